The van der Waals surface area contributed by atoms with Crippen molar-refractivity contribution in [3.8, 4) is 0 Å². The van der Waals surface area contributed by atoms with Gasteiger partial charge in [0.2, 0.25) is 5.91 Å². The van der Waals surface area contributed by atoms with Crippen molar-refractivity contribution < 1.29 is 18.0 Å². The maximum absolute atomic E-state index is 12.7. The summed E-state index contributed by atoms with van der Waals surface area (Å²) in [5.74, 6) is 0.258. The lowest BCUT2D eigenvalue weighted by atomic mass is 9.93. The molecule has 7 heteroatoms. The summed E-state index contributed by atoms with van der Waals surface area (Å²) in [6.45, 7) is 5.32. The second kappa shape index (κ2) is 9.47. The monoisotopic (exact) mass is 337 g/mol. The van der Waals surface area contributed by atoms with Gasteiger partial charge in [-0.3, -0.25) is 9.69 Å². The van der Waals surface area contributed by atoms with E-state index >= 15 is 0 Å². The second-order valence-electron chi connectivity index (χ2n) is 6.90. The van der Waals surface area contributed by atoms with Gasteiger partial charge in [0.05, 0.1) is 6.54 Å². The number of carbonyl (C=O) groups is 1. The molecule has 136 valence electrons. The van der Waals surface area contributed by atoms with Crippen LogP contribution in [0.3, 0.4) is 0 Å². The fourth-order valence-corrected chi connectivity index (χ4v) is 2.98. The number of piperidine rings is 1. The van der Waals surface area contributed by atoms with E-state index in [1.54, 1.807) is 0 Å². The Morgan fingerprint density at radius 2 is 1.91 bits per heavy atom. The molecule has 0 atom stereocenters. The molecule has 0 radical (unpaired) electrons. The molecule has 0 saturated carbocycles. The maximum atomic E-state index is 12.7. The lowest BCUT2D eigenvalue weighted by molar-refractivity contribution is -0.163. The second-order valence-corrected chi connectivity index (χ2v) is 6.90. The molecule has 1 aliphatic rings. The van der Waals surface area contributed by atoms with Gasteiger partial charge in [-0.1, -0.05) is 13.8 Å². The fraction of sp³-hybridized carbons (Fsp3) is 0.938. The van der Waals surface area contributed by atoms with E-state index in [1.165, 1.54) is 0 Å². The minimum Gasteiger partial charge on any atom is -0.332 e. The highest BCUT2D eigenvalue weighted by Crippen LogP contribution is 2.21. The summed E-state index contributed by atoms with van der Waals surface area (Å²) < 4.78 is 38.0. The molecule has 23 heavy (non-hydrogen) atoms. The molecule has 1 N–H and O–H groups in total. The van der Waals surface area contributed by atoms with Crippen LogP contribution in [0.25, 0.3) is 0 Å². The van der Waals surface area contributed by atoms with Gasteiger partial charge in [-0.05, 0) is 57.8 Å². The van der Waals surface area contributed by atoms with Crippen molar-refractivity contribution in [1.82, 2.24) is 15.1 Å². The van der Waals surface area contributed by atoms with Gasteiger partial charge in [0.15, 0.2) is 0 Å². The number of likely N-dealkylation sites (tertiary alicyclic amines) is 1. The summed E-state index contributed by atoms with van der Waals surface area (Å²) in [4.78, 5) is 15.2. The van der Waals surface area contributed by atoms with E-state index in [0.717, 1.165) is 43.8 Å². The Morgan fingerprint density at radius 1 is 1.30 bits per heavy atom. The molecule has 4 nitrogen and oxygen atoms in total. The Balaban J connectivity index is 2.46. The molecule has 1 aliphatic heterocycles. The van der Waals surface area contributed by atoms with E-state index in [9.17, 15) is 18.0 Å². The average molecular weight is 337 g/mol. The number of amides is 1. The standard InChI is InChI=1S/C16H30F3N3O/c1-13(2)10-22(12-16(17,18)19)15(23)11-21-8-5-14(6-9-21)4-7-20-3/h13-14,20H,4-12H2,1-3H3. The molecule has 1 rings (SSSR count). The molecule has 0 aromatic rings. The van der Waals surface area contributed by atoms with Crippen molar-refractivity contribution in [2.45, 2.75) is 39.3 Å². The highest BCUT2D eigenvalue weighted by molar-refractivity contribution is 5.78. The minimum absolute atomic E-state index is 0.0218. The highest BCUT2D eigenvalue weighted by Gasteiger charge is 2.34. The van der Waals surface area contributed by atoms with Crippen LogP contribution in [-0.4, -0.2) is 68.2 Å². The third-order valence-electron chi connectivity index (χ3n) is 4.18. The van der Waals surface area contributed by atoms with Gasteiger partial charge in [-0.25, -0.2) is 0 Å². The molecule has 0 aliphatic carbocycles. The van der Waals surface area contributed by atoms with E-state index in [1.807, 2.05) is 25.8 Å². The molecular formula is C16H30F3N3O. The summed E-state index contributed by atoms with van der Waals surface area (Å²) in [7, 11) is 1.93. The number of hydrogen-bond donors (Lipinski definition) is 1. The van der Waals surface area contributed by atoms with Crippen LogP contribution in [-0.2, 0) is 4.79 Å². The number of alkyl halides is 3. The van der Waals surface area contributed by atoms with E-state index in [-0.39, 0.29) is 19.0 Å². The van der Waals surface area contributed by atoms with Crippen LogP contribution in [0.15, 0.2) is 0 Å². The Hall–Kier alpha value is -0.820. The smallest absolute Gasteiger partial charge is 0.332 e. The van der Waals surface area contributed by atoms with E-state index in [0.29, 0.717) is 5.92 Å². The molecule has 1 saturated heterocycles. The first-order valence-corrected chi connectivity index (χ1v) is 8.42. The molecule has 0 aromatic carbocycles. The first-order chi connectivity index (χ1) is 10.7. The minimum atomic E-state index is -4.34. The molecule has 0 spiro atoms. The average Bonchev–Trinajstić information content (AvgIpc) is 2.44. The highest BCUT2D eigenvalue weighted by atomic mass is 19.4. The predicted molar refractivity (Wildman–Crippen MR) is 85.2 cm³/mol. The Labute approximate surface area is 137 Å². The topological polar surface area (TPSA) is 35.6 Å². The third kappa shape index (κ3) is 8.55. The van der Waals surface area contributed by atoms with Gasteiger partial charge in [-0.15, -0.1) is 0 Å². The number of nitrogens with zero attached hydrogens (tertiary/aromatic N) is 2. The zero-order chi connectivity index (χ0) is 17.5. The van der Waals surface area contributed by atoms with Crippen molar-refractivity contribution in [3.05, 3.63) is 0 Å². The van der Waals surface area contributed by atoms with E-state index in [2.05, 4.69) is 5.32 Å². The Morgan fingerprint density at radius 3 is 2.39 bits per heavy atom. The quantitative estimate of drug-likeness (QED) is 0.738. The number of rotatable bonds is 8. The van der Waals surface area contributed by atoms with Crippen LogP contribution in [0.5, 0.6) is 0 Å². The van der Waals surface area contributed by atoms with Gasteiger partial charge >= 0.3 is 6.18 Å². The van der Waals surface area contributed by atoms with E-state index < -0.39 is 18.6 Å². The molecular weight excluding hydrogens is 307 g/mol. The lowest BCUT2D eigenvalue weighted by Crippen LogP contribution is -2.47. The van der Waals surface area contributed by atoms with Crippen LogP contribution in [0.4, 0.5) is 13.2 Å². The largest absolute Gasteiger partial charge is 0.406 e. The number of halogens is 3. The SMILES string of the molecule is CNCCC1CCN(CC(=O)N(CC(C)C)CC(F)(F)F)CC1. The van der Waals surface area contributed by atoms with Crippen molar-refractivity contribution >= 4 is 5.91 Å². The number of nitrogens with one attached hydrogen (secondary N) is 1. The van der Waals surface area contributed by atoms with Crippen LogP contribution >= 0.6 is 0 Å². The van der Waals surface area contributed by atoms with Gasteiger partial charge in [0.25, 0.3) is 0 Å². The van der Waals surface area contributed by atoms with Crippen molar-refractivity contribution in [2.24, 2.45) is 11.8 Å². The first kappa shape index (κ1) is 20.2. The van der Waals surface area contributed by atoms with Gasteiger partial charge in [-0.2, -0.15) is 13.2 Å². The van der Waals surface area contributed by atoms with Crippen LogP contribution < -0.4 is 5.32 Å². The van der Waals surface area contributed by atoms with Gasteiger partial charge in [0, 0.05) is 6.54 Å². The van der Waals surface area contributed by atoms with Gasteiger partial charge in [0.1, 0.15) is 6.54 Å². The normalized spacial score (nSPS) is 17.7. The Kier molecular flexibility index (Phi) is 8.33. The maximum Gasteiger partial charge on any atom is 0.406 e. The van der Waals surface area contributed by atoms with Crippen molar-refractivity contribution in [2.75, 3.05) is 46.3 Å². The molecule has 0 aromatic heterocycles. The molecule has 1 fully saturated rings. The third-order valence-corrected chi connectivity index (χ3v) is 4.18. The van der Waals surface area contributed by atoms with Crippen molar-refractivity contribution in [1.29, 1.82) is 0 Å². The summed E-state index contributed by atoms with van der Waals surface area (Å²) in [6, 6.07) is 0. The summed E-state index contributed by atoms with van der Waals surface area (Å²) in [5.41, 5.74) is 0. The molecule has 0 bridgehead atoms. The molecule has 0 unspecified atom stereocenters. The van der Waals surface area contributed by atoms with Crippen LogP contribution in [0.1, 0.15) is 33.1 Å². The molecule has 1 heterocycles. The van der Waals surface area contributed by atoms with Crippen LogP contribution in [0.2, 0.25) is 0 Å². The summed E-state index contributed by atoms with van der Waals surface area (Å²) in [6.07, 6.45) is -1.20. The lowest BCUT2D eigenvalue weighted by Gasteiger charge is -2.33. The summed E-state index contributed by atoms with van der Waals surface area (Å²) >= 11 is 0. The fourth-order valence-electron chi connectivity index (χ4n) is 2.98. The summed E-state index contributed by atoms with van der Waals surface area (Å²) in [5, 5.41) is 3.13. The van der Waals surface area contributed by atoms with E-state index in [4.69, 9.17) is 0 Å². The zero-order valence-corrected chi connectivity index (χ0v) is 14.5. The predicted octanol–water partition coefficient (Wildman–Crippen LogP) is 2.35. The Bertz CT molecular complexity index is 353. The molecule has 1 amide bonds. The first-order valence-electron chi connectivity index (χ1n) is 8.42. The van der Waals surface area contributed by atoms with Gasteiger partial charge < -0.3 is 10.2 Å². The van der Waals surface area contributed by atoms with Crippen molar-refractivity contribution in [3.63, 3.8) is 0 Å². The number of carbonyl (C=O) groups excluding carboxylic acids is 1. The zero-order valence-electron chi connectivity index (χ0n) is 14.5. The number of hydrogen-bond acceptors (Lipinski definition) is 3. The van der Waals surface area contributed by atoms with Crippen LogP contribution in [0, 0.1) is 11.8 Å².